The fourth-order valence-electron chi connectivity index (χ4n) is 2.57. The highest BCUT2D eigenvalue weighted by molar-refractivity contribution is 6.53. The first-order chi connectivity index (χ1) is 12.3. The highest BCUT2D eigenvalue weighted by Gasteiger charge is 2.39. The quantitative estimate of drug-likeness (QED) is 0.811. The predicted octanol–water partition coefficient (Wildman–Crippen LogP) is 2.45. The number of carboxylic acids is 1. The number of carboxylic acid groups (broad SMARTS) is 1. The minimum atomic E-state index is -1.36. The lowest BCUT2D eigenvalue weighted by atomic mass is 10.2. The molecule has 0 spiro atoms. The number of hydrogen-bond acceptors (Lipinski definition) is 5. The van der Waals surface area contributed by atoms with Crippen molar-refractivity contribution in [3.63, 3.8) is 0 Å². The van der Waals surface area contributed by atoms with Crippen molar-refractivity contribution in [1.29, 1.82) is 0 Å². The summed E-state index contributed by atoms with van der Waals surface area (Å²) in [5.41, 5.74) is 1.07. The minimum absolute atomic E-state index is 0.0751. The number of rotatable bonds is 4. The first-order valence-electron chi connectivity index (χ1n) is 7.42. The monoisotopic (exact) mass is 389 g/mol. The second-order valence-electron chi connectivity index (χ2n) is 5.56. The summed E-state index contributed by atoms with van der Waals surface area (Å²) in [6.45, 7) is 1.71. The number of nitrogens with zero attached hydrogens (tertiary/aromatic N) is 1. The number of benzene rings is 2. The standard InChI is InChI=1S/C18H12Cl2N2O4/c1-9-7-11(19)5-6-13(9)22-16(23)14(20)15(17(22)24)21-12-4-2-3-10(8-12)18(25)26/h2-8,21H,1H3,(H,25,26)/p-1. The van der Waals surface area contributed by atoms with Gasteiger partial charge in [-0.1, -0.05) is 35.3 Å². The highest BCUT2D eigenvalue weighted by Crippen LogP contribution is 2.33. The molecule has 2 amide bonds. The number of carbonyl (C=O) groups is 3. The van der Waals surface area contributed by atoms with Crippen molar-refractivity contribution in [2.45, 2.75) is 6.92 Å². The fraction of sp³-hybridized carbons (Fsp3) is 0.0556. The van der Waals surface area contributed by atoms with Gasteiger partial charge in [-0.15, -0.1) is 0 Å². The van der Waals surface area contributed by atoms with Crippen LogP contribution in [0.25, 0.3) is 0 Å². The number of carbonyl (C=O) groups excluding carboxylic acids is 3. The zero-order chi connectivity index (χ0) is 19.0. The van der Waals surface area contributed by atoms with Crippen LogP contribution in [-0.2, 0) is 9.59 Å². The summed E-state index contributed by atoms with van der Waals surface area (Å²) >= 11 is 12.0. The molecule has 0 radical (unpaired) electrons. The number of amides is 2. The van der Waals surface area contributed by atoms with Gasteiger partial charge in [0.1, 0.15) is 10.7 Å². The third-order valence-corrected chi connectivity index (χ3v) is 4.38. The van der Waals surface area contributed by atoms with Gasteiger partial charge in [0.25, 0.3) is 11.8 Å². The molecule has 8 heteroatoms. The van der Waals surface area contributed by atoms with E-state index in [1.54, 1.807) is 25.1 Å². The second-order valence-corrected chi connectivity index (χ2v) is 6.37. The molecular formula is C18H11Cl2N2O4-. The Morgan fingerprint density at radius 3 is 2.46 bits per heavy atom. The minimum Gasteiger partial charge on any atom is -0.545 e. The lowest BCUT2D eigenvalue weighted by Gasteiger charge is -2.17. The van der Waals surface area contributed by atoms with Gasteiger partial charge in [-0.3, -0.25) is 9.59 Å². The van der Waals surface area contributed by atoms with Crippen LogP contribution in [-0.4, -0.2) is 17.8 Å². The van der Waals surface area contributed by atoms with Gasteiger partial charge in [-0.05, 0) is 48.4 Å². The molecule has 0 fully saturated rings. The van der Waals surface area contributed by atoms with Gasteiger partial charge in [0.15, 0.2) is 0 Å². The lowest BCUT2D eigenvalue weighted by molar-refractivity contribution is -0.255. The van der Waals surface area contributed by atoms with Crippen molar-refractivity contribution in [2.75, 3.05) is 10.2 Å². The van der Waals surface area contributed by atoms with E-state index in [1.165, 1.54) is 24.3 Å². The third kappa shape index (κ3) is 3.16. The van der Waals surface area contributed by atoms with Gasteiger partial charge in [0.2, 0.25) is 0 Å². The maximum absolute atomic E-state index is 12.7. The van der Waals surface area contributed by atoms with E-state index in [2.05, 4.69) is 5.32 Å². The molecule has 26 heavy (non-hydrogen) atoms. The van der Waals surface area contributed by atoms with E-state index in [-0.39, 0.29) is 22.0 Å². The van der Waals surface area contributed by atoms with E-state index < -0.39 is 17.8 Å². The Bertz CT molecular complexity index is 985. The number of hydrogen-bond donors (Lipinski definition) is 1. The summed E-state index contributed by atoms with van der Waals surface area (Å²) in [5.74, 6) is -2.69. The van der Waals surface area contributed by atoms with E-state index in [9.17, 15) is 19.5 Å². The van der Waals surface area contributed by atoms with Gasteiger partial charge in [0.05, 0.1) is 11.7 Å². The summed E-state index contributed by atoms with van der Waals surface area (Å²) in [6.07, 6.45) is 0. The van der Waals surface area contributed by atoms with Crippen molar-refractivity contribution in [2.24, 2.45) is 0 Å². The maximum atomic E-state index is 12.7. The first-order valence-corrected chi connectivity index (χ1v) is 8.18. The predicted molar refractivity (Wildman–Crippen MR) is 96.0 cm³/mol. The Labute approximate surface area is 158 Å². The average molecular weight is 390 g/mol. The Kier molecular flexibility index (Phi) is 4.71. The van der Waals surface area contributed by atoms with E-state index in [1.807, 2.05) is 0 Å². The van der Waals surface area contributed by atoms with Crippen LogP contribution in [0.5, 0.6) is 0 Å². The number of nitrogens with one attached hydrogen (secondary N) is 1. The van der Waals surface area contributed by atoms with Crippen LogP contribution in [0.15, 0.2) is 53.2 Å². The molecule has 0 unspecified atom stereocenters. The Morgan fingerprint density at radius 1 is 1.08 bits per heavy atom. The van der Waals surface area contributed by atoms with Gasteiger partial charge >= 0.3 is 0 Å². The Morgan fingerprint density at radius 2 is 1.81 bits per heavy atom. The SMILES string of the molecule is Cc1cc(Cl)ccc1N1C(=O)C(Cl)=C(Nc2cccc(C(=O)[O-])c2)C1=O. The molecule has 0 aromatic heterocycles. The molecule has 0 saturated heterocycles. The molecule has 6 nitrogen and oxygen atoms in total. The van der Waals surface area contributed by atoms with Crippen LogP contribution in [0.4, 0.5) is 11.4 Å². The molecule has 1 N–H and O–H groups in total. The van der Waals surface area contributed by atoms with Crippen LogP contribution < -0.4 is 15.3 Å². The normalized spacial score (nSPS) is 14.2. The maximum Gasteiger partial charge on any atom is 0.283 e. The van der Waals surface area contributed by atoms with Crippen LogP contribution >= 0.6 is 23.2 Å². The summed E-state index contributed by atoms with van der Waals surface area (Å²) in [4.78, 5) is 37.1. The van der Waals surface area contributed by atoms with Crippen LogP contribution in [0, 0.1) is 6.92 Å². The van der Waals surface area contributed by atoms with E-state index in [0.29, 0.717) is 16.3 Å². The zero-order valence-corrected chi connectivity index (χ0v) is 14.9. The lowest BCUT2D eigenvalue weighted by Crippen LogP contribution is -2.32. The summed E-state index contributed by atoms with van der Waals surface area (Å²) in [5, 5.41) is 13.9. The molecule has 0 aliphatic carbocycles. The summed E-state index contributed by atoms with van der Waals surface area (Å²) in [7, 11) is 0. The smallest absolute Gasteiger partial charge is 0.283 e. The molecule has 0 bridgehead atoms. The van der Waals surface area contributed by atoms with Gasteiger partial charge in [-0.2, -0.15) is 0 Å². The van der Waals surface area contributed by atoms with Crippen LogP contribution in [0.3, 0.4) is 0 Å². The second kappa shape index (κ2) is 6.82. The molecule has 2 aromatic rings. The molecule has 0 saturated carbocycles. The topological polar surface area (TPSA) is 89.5 Å². The van der Waals surface area contributed by atoms with Crippen LogP contribution in [0.2, 0.25) is 5.02 Å². The Hall–Kier alpha value is -2.83. The van der Waals surface area contributed by atoms with E-state index in [4.69, 9.17) is 23.2 Å². The highest BCUT2D eigenvalue weighted by atomic mass is 35.5. The number of aryl methyl sites for hydroxylation is 1. The molecule has 3 rings (SSSR count). The molecule has 1 heterocycles. The Balaban J connectivity index is 1.94. The third-order valence-electron chi connectivity index (χ3n) is 3.79. The molecule has 2 aromatic carbocycles. The van der Waals surface area contributed by atoms with Gasteiger partial charge in [-0.25, -0.2) is 4.90 Å². The molecule has 1 aliphatic heterocycles. The fourth-order valence-corrected chi connectivity index (χ4v) is 3.01. The number of imide groups is 1. The number of anilines is 2. The van der Waals surface area contributed by atoms with Crippen molar-refractivity contribution in [3.8, 4) is 0 Å². The molecule has 132 valence electrons. The summed E-state index contributed by atoms with van der Waals surface area (Å²) < 4.78 is 0. The van der Waals surface area contributed by atoms with Crippen molar-refractivity contribution >= 4 is 52.4 Å². The van der Waals surface area contributed by atoms with E-state index >= 15 is 0 Å². The molecule has 1 aliphatic rings. The molecular weight excluding hydrogens is 379 g/mol. The number of aromatic carboxylic acids is 1. The van der Waals surface area contributed by atoms with Crippen molar-refractivity contribution in [1.82, 2.24) is 0 Å². The zero-order valence-electron chi connectivity index (χ0n) is 13.4. The summed E-state index contributed by atoms with van der Waals surface area (Å²) in [6, 6.07) is 10.4. The van der Waals surface area contributed by atoms with Gasteiger partial charge in [0, 0.05) is 10.7 Å². The van der Waals surface area contributed by atoms with Gasteiger partial charge < -0.3 is 15.2 Å². The number of halogens is 2. The molecule has 0 atom stereocenters. The largest absolute Gasteiger partial charge is 0.545 e. The average Bonchev–Trinajstić information content (AvgIpc) is 2.79. The van der Waals surface area contributed by atoms with Crippen molar-refractivity contribution in [3.05, 3.63) is 69.3 Å². The van der Waals surface area contributed by atoms with Crippen molar-refractivity contribution < 1.29 is 19.5 Å². The first kappa shape index (κ1) is 18.0. The van der Waals surface area contributed by atoms with Crippen LogP contribution in [0.1, 0.15) is 15.9 Å². The van der Waals surface area contributed by atoms with E-state index in [0.717, 1.165) is 4.90 Å².